The first-order valence-corrected chi connectivity index (χ1v) is 9.92. The van der Waals surface area contributed by atoms with Crippen LogP contribution in [0.5, 0.6) is 5.75 Å². The third-order valence-corrected chi connectivity index (χ3v) is 5.34. The van der Waals surface area contributed by atoms with E-state index in [9.17, 15) is 9.90 Å². The molecule has 6 heteroatoms. The molecule has 3 aromatic rings. The third-order valence-electron chi connectivity index (χ3n) is 5.34. The van der Waals surface area contributed by atoms with Gasteiger partial charge in [-0.2, -0.15) is 0 Å². The van der Waals surface area contributed by atoms with E-state index in [1.807, 2.05) is 47.8 Å². The predicted octanol–water partition coefficient (Wildman–Crippen LogP) is 3.58. The number of anilines is 1. The van der Waals surface area contributed by atoms with Gasteiger partial charge in [-0.25, -0.2) is 4.98 Å². The molecule has 0 radical (unpaired) electrons. The fourth-order valence-electron chi connectivity index (χ4n) is 3.92. The molecular formula is C23H25N3O3. The molecule has 1 unspecified atom stereocenters. The molecule has 0 saturated heterocycles. The monoisotopic (exact) mass is 391 g/mol. The van der Waals surface area contributed by atoms with E-state index >= 15 is 0 Å². The Labute approximate surface area is 170 Å². The maximum Gasteiger partial charge on any atom is 0.323 e. The molecular weight excluding hydrogens is 366 g/mol. The van der Waals surface area contributed by atoms with Crippen LogP contribution in [0.1, 0.15) is 23.5 Å². The van der Waals surface area contributed by atoms with Crippen LogP contribution in [0.4, 0.5) is 5.69 Å². The van der Waals surface area contributed by atoms with E-state index < -0.39 is 5.97 Å². The number of aliphatic carboxylic acids is 1. The van der Waals surface area contributed by atoms with Crippen LogP contribution in [0.3, 0.4) is 0 Å². The Balaban J connectivity index is 1.45. The molecule has 0 fully saturated rings. The lowest BCUT2D eigenvalue weighted by Gasteiger charge is -2.17. The Hall–Kier alpha value is -3.28. The summed E-state index contributed by atoms with van der Waals surface area (Å²) in [5.41, 5.74) is 3.42. The molecule has 0 aliphatic carbocycles. The summed E-state index contributed by atoms with van der Waals surface area (Å²) in [6.45, 7) is 2.19. The van der Waals surface area contributed by atoms with Crippen LogP contribution >= 0.6 is 0 Å². The summed E-state index contributed by atoms with van der Waals surface area (Å²) >= 11 is 0. The lowest BCUT2D eigenvalue weighted by Crippen LogP contribution is -2.28. The smallest absolute Gasteiger partial charge is 0.323 e. The van der Waals surface area contributed by atoms with Crippen LogP contribution in [-0.4, -0.2) is 40.3 Å². The molecule has 0 spiro atoms. The number of carboxylic acid groups (broad SMARTS) is 1. The molecule has 2 aromatic carbocycles. The highest BCUT2D eigenvalue weighted by Gasteiger charge is 2.30. The lowest BCUT2D eigenvalue weighted by molar-refractivity contribution is -0.135. The van der Waals surface area contributed by atoms with Crippen molar-refractivity contribution in [1.82, 2.24) is 9.55 Å². The second-order valence-electron chi connectivity index (χ2n) is 7.37. The second-order valence-corrected chi connectivity index (χ2v) is 7.37. The Kier molecular flexibility index (Phi) is 5.79. The average molecular weight is 391 g/mol. The zero-order chi connectivity index (χ0) is 20.1. The van der Waals surface area contributed by atoms with Crippen LogP contribution < -0.4 is 9.64 Å². The van der Waals surface area contributed by atoms with Crippen molar-refractivity contribution in [3.8, 4) is 5.75 Å². The number of imidazole rings is 1. The van der Waals surface area contributed by atoms with Gasteiger partial charge in [-0.15, -0.1) is 0 Å². The minimum absolute atomic E-state index is 0.0167. The highest BCUT2D eigenvalue weighted by Crippen LogP contribution is 2.40. The summed E-state index contributed by atoms with van der Waals surface area (Å²) in [6, 6.07) is 16.3. The minimum Gasteiger partial charge on any atom is -0.493 e. The lowest BCUT2D eigenvalue weighted by atomic mass is 9.97. The van der Waals surface area contributed by atoms with Gasteiger partial charge in [-0.1, -0.05) is 30.3 Å². The molecule has 1 aliphatic rings. The number of hydrogen-bond acceptors (Lipinski definition) is 4. The van der Waals surface area contributed by atoms with E-state index in [1.165, 1.54) is 11.1 Å². The molecule has 0 amide bonds. The van der Waals surface area contributed by atoms with E-state index in [-0.39, 0.29) is 12.5 Å². The van der Waals surface area contributed by atoms with E-state index in [0.717, 1.165) is 30.8 Å². The van der Waals surface area contributed by atoms with Crippen molar-refractivity contribution < 1.29 is 14.6 Å². The normalized spacial score (nSPS) is 15.3. The van der Waals surface area contributed by atoms with Crippen LogP contribution in [0.15, 0.2) is 67.3 Å². The SMILES string of the molecule is O=C(O)CN1CC(CCn2ccnc2)c2cc(OCCc3ccccc3)ccc21. The number of hydrogen-bond donors (Lipinski definition) is 1. The number of aromatic nitrogens is 2. The predicted molar refractivity (Wildman–Crippen MR) is 112 cm³/mol. The molecule has 1 aromatic heterocycles. The Morgan fingerprint density at radius 1 is 1.21 bits per heavy atom. The van der Waals surface area contributed by atoms with Gasteiger partial charge >= 0.3 is 5.97 Å². The summed E-state index contributed by atoms with van der Waals surface area (Å²) in [5, 5.41) is 9.27. The van der Waals surface area contributed by atoms with Gasteiger partial charge in [-0.05, 0) is 35.7 Å². The van der Waals surface area contributed by atoms with Gasteiger partial charge in [0.15, 0.2) is 0 Å². The van der Waals surface area contributed by atoms with Crippen molar-refractivity contribution >= 4 is 11.7 Å². The van der Waals surface area contributed by atoms with E-state index in [1.54, 1.807) is 6.20 Å². The maximum atomic E-state index is 11.3. The van der Waals surface area contributed by atoms with Crippen LogP contribution in [0.25, 0.3) is 0 Å². The van der Waals surface area contributed by atoms with Gasteiger partial charge in [0.25, 0.3) is 0 Å². The molecule has 150 valence electrons. The molecule has 0 bridgehead atoms. The number of aryl methyl sites for hydroxylation is 1. The number of benzene rings is 2. The first kappa shape index (κ1) is 19.1. The Morgan fingerprint density at radius 3 is 2.83 bits per heavy atom. The molecule has 6 nitrogen and oxygen atoms in total. The van der Waals surface area contributed by atoms with Gasteiger partial charge in [0.2, 0.25) is 0 Å². The number of ether oxygens (including phenoxy) is 1. The molecule has 1 atom stereocenters. The van der Waals surface area contributed by atoms with Gasteiger partial charge in [0, 0.05) is 43.5 Å². The maximum absolute atomic E-state index is 11.3. The average Bonchev–Trinajstić information content (AvgIpc) is 3.35. The molecule has 29 heavy (non-hydrogen) atoms. The summed E-state index contributed by atoms with van der Waals surface area (Å²) in [7, 11) is 0. The third kappa shape index (κ3) is 4.77. The highest BCUT2D eigenvalue weighted by atomic mass is 16.5. The summed E-state index contributed by atoms with van der Waals surface area (Å²) < 4.78 is 8.06. The highest BCUT2D eigenvalue weighted by molar-refractivity contribution is 5.76. The zero-order valence-electron chi connectivity index (χ0n) is 16.3. The topological polar surface area (TPSA) is 67.6 Å². The summed E-state index contributed by atoms with van der Waals surface area (Å²) in [4.78, 5) is 17.3. The van der Waals surface area contributed by atoms with Crippen molar-refractivity contribution in [3.05, 3.63) is 78.4 Å². The zero-order valence-corrected chi connectivity index (χ0v) is 16.3. The summed E-state index contributed by atoms with van der Waals surface area (Å²) in [6.07, 6.45) is 7.32. The molecule has 4 rings (SSSR count). The molecule has 0 saturated carbocycles. The molecule has 1 N–H and O–H groups in total. The summed E-state index contributed by atoms with van der Waals surface area (Å²) in [5.74, 6) is 0.295. The largest absolute Gasteiger partial charge is 0.493 e. The standard InChI is InChI=1S/C23H25N3O3/c27-23(28)16-26-15-19(8-11-25-12-10-24-17-25)21-14-20(6-7-22(21)26)29-13-9-18-4-2-1-3-5-18/h1-7,10,12,14,17,19H,8-9,11,13,15-16H2,(H,27,28). The first-order valence-electron chi connectivity index (χ1n) is 9.92. The Morgan fingerprint density at radius 2 is 2.07 bits per heavy atom. The van der Waals surface area contributed by atoms with Gasteiger partial charge in [-0.3, -0.25) is 4.79 Å². The van der Waals surface area contributed by atoms with Crippen LogP contribution in [-0.2, 0) is 17.8 Å². The van der Waals surface area contributed by atoms with Gasteiger partial charge < -0.3 is 19.3 Å². The first-order chi connectivity index (χ1) is 14.2. The Bertz CT molecular complexity index is 941. The van der Waals surface area contributed by atoms with E-state index in [4.69, 9.17) is 4.74 Å². The molecule has 2 heterocycles. The van der Waals surface area contributed by atoms with Gasteiger partial charge in [0.05, 0.1) is 12.9 Å². The van der Waals surface area contributed by atoms with Crippen molar-refractivity contribution in [3.63, 3.8) is 0 Å². The van der Waals surface area contributed by atoms with Crippen molar-refractivity contribution in [2.24, 2.45) is 0 Å². The number of carboxylic acids is 1. The number of rotatable bonds is 9. The quantitative estimate of drug-likeness (QED) is 0.604. The van der Waals surface area contributed by atoms with Crippen LogP contribution in [0, 0.1) is 0 Å². The second kappa shape index (κ2) is 8.82. The number of carbonyl (C=O) groups is 1. The van der Waals surface area contributed by atoms with Crippen LogP contribution in [0.2, 0.25) is 0 Å². The number of nitrogens with zero attached hydrogens (tertiary/aromatic N) is 3. The van der Waals surface area contributed by atoms with Crippen molar-refractivity contribution in [2.75, 3.05) is 24.6 Å². The fraction of sp³-hybridized carbons (Fsp3) is 0.304. The van der Waals surface area contributed by atoms with E-state index in [0.29, 0.717) is 13.2 Å². The fourth-order valence-corrected chi connectivity index (χ4v) is 3.92. The number of fused-ring (bicyclic) bond motifs is 1. The van der Waals surface area contributed by atoms with Crippen molar-refractivity contribution in [1.29, 1.82) is 0 Å². The minimum atomic E-state index is -0.811. The molecule has 1 aliphatic heterocycles. The van der Waals surface area contributed by atoms with Gasteiger partial charge in [0.1, 0.15) is 12.3 Å². The van der Waals surface area contributed by atoms with Crippen molar-refractivity contribution in [2.45, 2.75) is 25.3 Å². The van der Waals surface area contributed by atoms with E-state index in [2.05, 4.69) is 27.8 Å².